The van der Waals surface area contributed by atoms with Crippen LogP contribution >= 0.6 is 27.3 Å². The van der Waals surface area contributed by atoms with Crippen molar-refractivity contribution in [2.75, 3.05) is 5.32 Å². The number of anilines is 1. The summed E-state index contributed by atoms with van der Waals surface area (Å²) in [5.74, 6) is 0.755. The van der Waals surface area contributed by atoms with Crippen molar-refractivity contribution in [1.29, 1.82) is 0 Å². The Balaban J connectivity index is 1.82. The molecule has 0 bridgehead atoms. The zero-order chi connectivity index (χ0) is 14.8. The number of hydrogen-bond acceptors (Lipinski definition) is 5. The second kappa shape index (κ2) is 5.95. The van der Waals surface area contributed by atoms with Crippen LogP contribution in [0.15, 0.2) is 40.2 Å². The molecule has 0 saturated heterocycles. The molecule has 0 aliphatic carbocycles. The Hall–Kier alpha value is -1.73. The number of tetrazole rings is 1. The molecule has 0 amide bonds. The summed E-state index contributed by atoms with van der Waals surface area (Å²) < 4.78 is 2.79. The Bertz CT molecular complexity index is 751. The largest absolute Gasteiger partial charge is 0.378 e. The molecule has 0 aliphatic rings. The van der Waals surface area contributed by atoms with E-state index in [9.17, 15) is 0 Å². The molecule has 5 nitrogen and oxygen atoms in total. The molecule has 0 radical (unpaired) electrons. The molecule has 1 atom stereocenters. The van der Waals surface area contributed by atoms with Crippen molar-refractivity contribution in [2.45, 2.75) is 13.0 Å². The zero-order valence-electron chi connectivity index (χ0n) is 11.6. The predicted molar refractivity (Wildman–Crippen MR) is 88.3 cm³/mol. The number of halogens is 1. The van der Waals surface area contributed by atoms with Gasteiger partial charge in [-0.1, -0.05) is 12.1 Å². The van der Waals surface area contributed by atoms with Gasteiger partial charge in [0.25, 0.3) is 0 Å². The lowest BCUT2D eigenvalue weighted by Gasteiger charge is -2.14. The summed E-state index contributed by atoms with van der Waals surface area (Å²) in [6.45, 7) is 2.15. The molecule has 2 heterocycles. The highest BCUT2D eigenvalue weighted by Crippen LogP contribution is 2.29. The molecule has 0 spiro atoms. The van der Waals surface area contributed by atoms with Gasteiger partial charge in [0.05, 0.1) is 6.04 Å². The second-order valence-electron chi connectivity index (χ2n) is 4.74. The van der Waals surface area contributed by atoms with Gasteiger partial charge in [-0.15, -0.1) is 16.4 Å². The van der Waals surface area contributed by atoms with Gasteiger partial charge >= 0.3 is 0 Å². The smallest absolute Gasteiger partial charge is 0.181 e. The maximum Gasteiger partial charge on any atom is 0.181 e. The molecule has 3 rings (SSSR count). The van der Waals surface area contributed by atoms with Crippen molar-refractivity contribution in [3.8, 4) is 11.4 Å². The average molecular weight is 364 g/mol. The van der Waals surface area contributed by atoms with Gasteiger partial charge in [-0.2, -0.15) is 0 Å². The minimum atomic E-state index is 0.245. The molecule has 21 heavy (non-hydrogen) atoms. The van der Waals surface area contributed by atoms with Crippen LogP contribution < -0.4 is 5.32 Å². The van der Waals surface area contributed by atoms with Crippen LogP contribution in [0.2, 0.25) is 0 Å². The van der Waals surface area contributed by atoms with Gasteiger partial charge < -0.3 is 5.32 Å². The highest BCUT2D eigenvalue weighted by molar-refractivity contribution is 9.10. The van der Waals surface area contributed by atoms with Crippen LogP contribution in [-0.4, -0.2) is 20.2 Å². The van der Waals surface area contributed by atoms with Crippen LogP contribution in [0.1, 0.15) is 17.8 Å². The van der Waals surface area contributed by atoms with Crippen molar-refractivity contribution < 1.29 is 0 Å². The molecule has 7 heteroatoms. The van der Waals surface area contributed by atoms with Crippen molar-refractivity contribution in [3.63, 3.8) is 0 Å². The highest BCUT2D eigenvalue weighted by Gasteiger charge is 2.10. The standard InChI is InChI=1S/C14H14BrN5S/c1-9(13-7-11(15)8-21-13)16-12-5-3-4-10(6-12)14-17-18-19-20(14)2/h3-9,16H,1-2H3. The summed E-state index contributed by atoms with van der Waals surface area (Å²) in [7, 11) is 1.83. The molecule has 1 unspecified atom stereocenters. The number of nitrogens with one attached hydrogen (secondary N) is 1. The monoisotopic (exact) mass is 363 g/mol. The third kappa shape index (κ3) is 3.14. The fourth-order valence-electron chi connectivity index (χ4n) is 2.10. The Morgan fingerprint density at radius 3 is 2.86 bits per heavy atom. The first-order valence-corrected chi connectivity index (χ1v) is 8.14. The molecule has 0 saturated carbocycles. The van der Waals surface area contributed by atoms with Crippen molar-refractivity contribution in [1.82, 2.24) is 20.2 Å². The lowest BCUT2D eigenvalue weighted by atomic mass is 10.1. The zero-order valence-corrected chi connectivity index (χ0v) is 14.0. The fraction of sp³-hybridized carbons (Fsp3) is 0.214. The van der Waals surface area contributed by atoms with Crippen LogP contribution in [0, 0.1) is 0 Å². The quantitative estimate of drug-likeness (QED) is 0.764. The molecule has 108 valence electrons. The summed E-state index contributed by atoms with van der Waals surface area (Å²) in [6, 6.07) is 10.5. The lowest BCUT2D eigenvalue weighted by molar-refractivity contribution is 0.714. The maximum absolute atomic E-state index is 4.04. The number of hydrogen-bond donors (Lipinski definition) is 1. The molecular formula is C14H14BrN5S. The third-order valence-electron chi connectivity index (χ3n) is 3.14. The van der Waals surface area contributed by atoms with E-state index in [1.807, 2.05) is 25.2 Å². The van der Waals surface area contributed by atoms with E-state index >= 15 is 0 Å². The van der Waals surface area contributed by atoms with Gasteiger partial charge in [-0.05, 0) is 51.5 Å². The van der Waals surface area contributed by atoms with Crippen LogP contribution in [0.4, 0.5) is 5.69 Å². The molecule has 0 aliphatic heterocycles. The van der Waals surface area contributed by atoms with Gasteiger partial charge in [0.2, 0.25) is 0 Å². The number of benzene rings is 1. The van der Waals surface area contributed by atoms with Crippen molar-refractivity contribution in [3.05, 3.63) is 45.1 Å². The minimum Gasteiger partial charge on any atom is -0.378 e. The molecule has 3 aromatic rings. The van der Waals surface area contributed by atoms with E-state index < -0.39 is 0 Å². The van der Waals surface area contributed by atoms with E-state index in [0.29, 0.717) is 0 Å². The molecule has 2 aromatic heterocycles. The Morgan fingerprint density at radius 1 is 1.33 bits per heavy atom. The van der Waals surface area contributed by atoms with Crippen LogP contribution in [0.3, 0.4) is 0 Å². The van der Waals surface area contributed by atoms with Crippen molar-refractivity contribution in [2.24, 2.45) is 7.05 Å². The second-order valence-corrected chi connectivity index (χ2v) is 6.60. The first-order chi connectivity index (χ1) is 10.1. The summed E-state index contributed by atoms with van der Waals surface area (Å²) in [5, 5.41) is 17.2. The van der Waals surface area contributed by atoms with E-state index in [4.69, 9.17) is 0 Å². The topological polar surface area (TPSA) is 55.6 Å². The molecule has 1 N–H and O–H groups in total. The van der Waals surface area contributed by atoms with E-state index in [-0.39, 0.29) is 6.04 Å². The number of thiophene rings is 1. The summed E-state index contributed by atoms with van der Waals surface area (Å²) in [4.78, 5) is 1.28. The van der Waals surface area contributed by atoms with E-state index in [1.54, 1.807) is 16.0 Å². The van der Waals surface area contributed by atoms with Crippen molar-refractivity contribution >= 4 is 33.0 Å². The van der Waals surface area contributed by atoms with Gasteiger partial charge in [0.15, 0.2) is 5.82 Å². The van der Waals surface area contributed by atoms with Crippen LogP contribution in [0.5, 0.6) is 0 Å². The normalized spacial score (nSPS) is 12.3. The first kappa shape index (κ1) is 14.2. The highest BCUT2D eigenvalue weighted by atomic mass is 79.9. The fourth-order valence-corrected chi connectivity index (χ4v) is 3.55. The summed E-state index contributed by atoms with van der Waals surface area (Å²) in [5.41, 5.74) is 2.04. The number of rotatable bonds is 4. The Kier molecular flexibility index (Phi) is 4.03. The lowest BCUT2D eigenvalue weighted by Crippen LogP contribution is -2.05. The SMILES string of the molecule is CC(Nc1cccc(-c2nnnn2C)c1)c1cc(Br)cs1. The average Bonchev–Trinajstić information content (AvgIpc) is 3.08. The van der Waals surface area contributed by atoms with Gasteiger partial charge in [0.1, 0.15) is 0 Å². The minimum absolute atomic E-state index is 0.245. The molecule has 0 fully saturated rings. The maximum atomic E-state index is 4.04. The Morgan fingerprint density at radius 2 is 2.19 bits per heavy atom. The Labute approximate surface area is 135 Å². The predicted octanol–water partition coefficient (Wildman–Crippen LogP) is 3.87. The van der Waals surface area contributed by atoms with E-state index in [2.05, 4.69) is 61.2 Å². The van der Waals surface area contributed by atoms with E-state index in [0.717, 1.165) is 21.5 Å². The van der Waals surface area contributed by atoms with Gasteiger partial charge in [-0.25, -0.2) is 4.68 Å². The summed E-state index contributed by atoms with van der Waals surface area (Å²) in [6.07, 6.45) is 0. The number of aromatic nitrogens is 4. The molecule has 1 aromatic carbocycles. The summed E-state index contributed by atoms with van der Waals surface area (Å²) >= 11 is 5.22. The van der Waals surface area contributed by atoms with Gasteiger partial charge in [0, 0.05) is 33.0 Å². The van der Waals surface area contributed by atoms with Crippen LogP contribution in [0.25, 0.3) is 11.4 Å². The number of aryl methyl sites for hydroxylation is 1. The van der Waals surface area contributed by atoms with Crippen LogP contribution in [-0.2, 0) is 7.05 Å². The molecular weight excluding hydrogens is 350 g/mol. The first-order valence-electron chi connectivity index (χ1n) is 6.47. The number of nitrogens with zero attached hydrogens (tertiary/aromatic N) is 4. The third-order valence-corrected chi connectivity index (χ3v) is 5.01. The van der Waals surface area contributed by atoms with Gasteiger partial charge in [-0.3, -0.25) is 0 Å². The van der Waals surface area contributed by atoms with E-state index in [1.165, 1.54) is 4.88 Å².